The van der Waals surface area contributed by atoms with E-state index in [9.17, 15) is 9.59 Å². The van der Waals surface area contributed by atoms with Gasteiger partial charge < -0.3 is 14.5 Å². The molecule has 0 radical (unpaired) electrons. The fraction of sp³-hybridized carbons (Fsp3) is 0.179. The van der Waals surface area contributed by atoms with Crippen LogP contribution in [0, 0.1) is 0 Å². The number of ether oxygens (including phenoxy) is 2. The third-order valence-corrected chi connectivity index (χ3v) is 6.59. The highest BCUT2D eigenvalue weighted by Gasteiger charge is 2.35. The standard InChI is InChI=1S/C28H24ClN3O4/c1-16(33)32-24(20-11-10-19(35-2)14-25(20)36-3)15-23(31-32)27-26(17-7-5-4-6-8-17)21-13-18(29)9-12-22(21)30-28(27)34/h4-14,24H,15H2,1-3H3,(H,30,34)/t24-/m1/s1. The zero-order valence-corrected chi connectivity index (χ0v) is 20.8. The second-order valence-corrected chi connectivity index (χ2v) is 8.93. The number of aromatic amines is 1. The molecule has 182 valence electrons. The Hall–Kier alpha value is -4.10. The zero-order valence-electron chi connectivity index (χ0n) is 20.0. The van der Waals surface area contributed by atoms with Crippen LogP contribution in [0.3, 0.4) is 0 Å². The van der Waals surface area contributed by atoms with Gasteiger partial charge in [0.15, 0.2) is 0 Å². The number of nitrogens with one attached hydrogen (secondary N) is 1. The number of fused-ring (bicyclic) bond motifs is 1. The first kappa shape index (κ1) is 23.6. The molecule has 0 bridgehead atoms. The first-order valence-corrected chi connectivity index (χ1v) is 11.8. The molecular formula is C28H24ClN3O4. The van der Waals surface area contributed by atoms with Crippen LogP contribution < -0.4 is 15.0 Å². The number of carbonyl (C=O) groups is 1. The summed E-state index contributed by atoms with van der Waals surface area (Å²) in [5.74, 6) is 0.970. The SMILES string of the molecule is COc1ccc([C@H]2CC(c3c(-c4ccccc4)c4cc(Cl)ccc4[nH]c3=O)=NN2C(C)=O)c(OC)c1. The average molecular weight is 502 g/mol. The van der Waals surface area contributed by atoms with Gasteiger partial charge in [-0.25, -0.2) is 5.01 Å². The van der Waals surface area contributed by atoms with Crippen LogP contribution in [0.1, 0.15) is 30.5 Å². The highest BCUT2D eigenvalue weighted by molar-refractivity contribution is 6.31. The van der Waals surface area contributed by atoms with E-state index in [-0.39, 0.29) is 11.5 Å². The number of halogens is 1. The lowest BCUT2D eigenvalue weighted by atomic mass is 9.91. The second kappa shape index (κ2) is 9.51. The first-order chi connectivity index (χ1) is 17.4. The Morgan fingerprint density at radius 1 is 1.03 bits per heavy atom. The monoisotopic (exact) mass is 501 g/mol. The van der Waals surface area contributed by atoms with Crippen molar-refractivity contribution >= 4 is 34.1 Å². The Bertz CT molecular complexity index is 1560. The van der Waals surface area contributed by atoms with Crippen molar-refractivity contribution in [3.63, 3.8) is 0 Å². The maximum atomic E-state index is 13.5. The van der Waals surface area contributed by atoms with Crippen molar-refractivity contribution in [2.24, 2.45) is 5.10 Å². The van der Waals surface area contributed by atoms with Gasteiger partial charge in [0.2, 0.25) is 5.91 Å². The van der Waals surface area contributed by atoms with Crippen LogP contribution in [-0.4, -0.2) is 35.8 Å². The predicted molar refractivity (Wildman–Crippen MR) is 141 cm³/mol. The Labute approximate surface area is 212 Å². The number of hydrogen-bond acceptors (Lipinski definition) is 5. The molecule has 1 atom stereocenters. The third kappa shape index (κ3) is 4.12. The molecule has 1 aromatic heterocycles. The van der Waals surface area contributed by atoms with Crippen LogP contribution in [0.5, 0.6) is 11.5 Å². The third-order valence-electron chi connectivity index (χ3n) is 6.36. The molecule has 3 aromatic carbocycles. The van der Waals surface area contributed by atoms with Crippen molar-refractivity contribution in [2.45, 2.75) is 19.4 Å². The molecule has 1 amide bonds. The Morgan fingerprint density at radius 2 is 1.81 bits per heavy atom. The van der Waals surface area contributed by atoms with Crippen molar-refractivity contribution in [3.05, 3.63) is 93.2 Å². The van der Waals surface area contributed by atoms with Crippen LogP contribution in [0.2, 0.25) is 5.02 Å². The van der Waals surface area contributed by atoms with Gasteiger partial charge in [0.05, 0.1) is 31.5 Å². The first-order valence-electron chi connectivity index (χ1n) is 11.4. The van der Waals surface area contributed by atoms with Crippen molar-refractivity contribution < 1.29 is 14.3 Å². The molecule has 5 rings (SSSR count). The zero-order chi connectivity index (χ0) is 25.4. The van der Waals surface area contributed by atoms with Crippen LogP contribution in [-0.2, 0) is 4.79 Å². The van der Waals surface area contributed by atoms with Gasteiger partial charge >= 0.3 is 0 Å². The van der Waals surface area contributed by atoms with Gasteiger partial charge in [-0.05, 0) is 35.9 Å². The Kier molecular flexibility index (Phi) is 6.24. The number of hydrogen-bond donors (Lipinski definition) is 1. The fourth-order valence-corrected chi connectivity index (χ4v) is 4.90. The normalized spacial score (nSPS) is 15.2. The molecule has 8 heteroatoms. The molecule has 4 aromatic rings. The minimum atomic E-state index is -0.448. The topological polar surface area (TPSA) is 84.0 Å². The molecule has 1 N–H and O–H groups in total. The predicted octanol–water partition coefficient (Wildman–Crippen LogP) is 5.56. The van der Waals surface area contributed by atoms with E-state index in [1.54, 1.807) is 32.4 Å². The van der Waals surface area contributed by atoms with E-state index in [2.05, 4.69) is 10.1 Å². The number of nitrogens with zero attached hydrogens (tertiary/aromatic N) is 2. The number of carbonyl (C=O) groups excluding carboxylic acids is 1. The molecule has 2 heterocycles. The van der Waals surface area contributed by atoms with Gasteiger partial charge in [0.25, 0.3) is 5.56 Å². The number of H-pyrrole nitrogens is 1. The van der Waals surface area contributed by atoms with E-state index in [1.807, 2.05) is 48.5 Å². The lowest BCUT2D eigenvalue weighted by molar-refractivity contribution is -0.130. The van der Waals surface area contributed by atoms with Gasteiger partial charge in [-0.3, -0.25) is 9.59 Å². The number of benzene rings is 3. The Morgan fingerprint density at radius 3 is 2.50 bits per heavy atom. The summed E-state index contributed by atoms with van der Waals surface area (Å²) in [6.45, 7) is 1.46. The van der Waals surface area contributed by atoms with E-state index < -0.39 is 6.04 Å². The van der Waals surface area contributed by atoms with Crippen molar-refractivity contribution in [2.75, 3.05) is 14.2 Å². The van der Waals surface area contributed by atoms with Crippen molar-refractivity contribution in [3.8, 4) is 22.6 Å². The summed E-state index contributed by atoms with van der Waals surface area (Å²) >= 11 is 6.36. The number of aromatic nitrogens is 1. The fourth-order valence-electron chi connectivity index (χ4n) is 4.73. The number of hydrazone groups is 1. The van der Waals surface area contributed by atoms with E-state index >= 15 is 0 Å². The number of pyridine rings is 1. The van der Waals surface area contributed by atoms with E-state index in [1.165, 1.54) is 11.9 Å². The maximum Gasteiger partial charge on any atom is 0.258 e. The Balaban J connectivity index is 1.72. The van der Waals surface area contributed by atoms with Gasteiger partial charge in [-0.15, -0.1) is 0 Å². The lowest BCUT2D eigenvalue weighted by Gasteiger charge is -2.22. The van der Waals surface area contributed by atoms with Crippen LogP contribution in [0.4, 0.5) is 0 Å². The minimum absolute atomic E-state index is 0.241. The van der Waals surface area contributed by atoms with Crippen molar-refractivity contribution in [1.82, 2.24) is 9.99 Å². The largest absolute Gasteiger partial charge is 0.497 e. The van der Waals surface area contributed by atoms with Crippen LogP contribution >= 0.6 is 11.6 Å². The van der Waals surface area contributed by atoms with E-state index in [4.69, 9.17) is 21.1 Å². The molecule has 1 aliphatic heterocycles. The summed E-state index contributed by atoms with van der Waals surface area (Å²) < 4.78 is 10.9. The maximum absolute atomic E-state index is 13.5. The summed E-state index contributed by atoms with van der Waals surface area (Å²) in [4.78, 5) is 29.2. The number of rotatable bonds is 5. The molecule has 36 heavy (non-hydrogen) atoms. The quantitative estimate of drug-likeness (QED) is 0.388. The summed E-state index contributed by atoms with van der Waals surface area (Å²) in [5, 5.41) is 7.43. The van der Waals surface area contributed by atoms with Gasteiger partial charge in [-0.2, -0.15) is 5.10 Å². The molecule has 0 fully saturated rings. The van der Waals surface area contributed by atoms with Crippen LogP contribution in [0.15, 0.2) is 76.6 Å². The van der Waals surface area contributed by atoms with Crippen molar-refractivity contribution in [1.29, 1.82) is 0 Å². The molecule has 0 saturated heterocycles. The summed E-state index contributed by atoms with van der Waals surface area (Å²) in [7, 11) is 3.15. The van der Waals surface area contributed by atoms with Crippen LogP contribution in [0.25, 0.3) is 22.0 Å². The van der Waals surface area contributed by atoms with Gasteiger partial charge in [0.1, 0.15) is 11.5 Å². The second-order valence-electron chi connectivity index (χ2n) is 8.50. The van der Waals surface area contributed by atoms with Gasteiger partial charge in [-0.1, -0.05) is 41.9 Å². The molecule has 0 unspecified atom stereocenters. The molecule has 1 aliphatic rings. The number of amides is 1. The molecule has 0 spiro atoms. The molecule has 0 saturated carbocycles. The van der Waals surface area contributed by atoms with Gasteiger partial charge in [0, 0.05) is 46.5 Å². The minimum Gasteiger partial charge on any atom is -0.497 e. The summed E-state index contributed by atoms with van der Waals surface area (Å²) in [6, 6.07) is 20.0. The van der Waals surface area contributed by atoms with E-state index in [0.29, 0.717) is 39.7 Å². The molecule has 0 aliphatic carbocycles. The molecule has 7 nitrogen and oxygen atoms in total. The highest BCUT2D eigenvalue weighted by atomic mass is 35.5. The summed E-state index contributed by atoms with van der Waals surface area (Å²) in [5.41, 5.74) is 3.66. The average Bonchev–Trinajstić information content (AvgIpc) is 3.33. The lowest BCUT2D eigenvalue weighted by Crippen LogP contribution is -2.24. The highest BCUT2D eigenvalue weighted by Crippen LogP contribution is 2.41. The van der Waals surface area contributed by atoms with E-state index in [0.717, 1.165) is 22.1 Å². The molecular weight excluding hydrogens is 478 g/mol. The smallest absolute Gasteiger partial charge is 0.258 e. The summed E-state index contributed by atoms with van der Waals surface area (Å²) in [6.07, 6.45) is 0.331. The number of methoxy groups -OCH3 is 2.